The Hall–Kier alpha value is -3.09. The van der Waals surface area contributed by atoms with Crippen molar-refractivity contribution in [3.05, 3.63) is 78.4 Å². The van der Waals surface area contributed by atoms with E-state index in [-0.39, 0.29) is 16.4 Å². The van der Waals surface area contributed by atoms with E-state index >= 15 is 0 Å². The molecule has 0 radical (unpaired) electrons. The monoisotopic (exact) mass is 397 g/mol. The molecule has 0 spiro atoms. The van der Waals surface area contributed by atoms with Gasteiger partial charge in [0.15, 0.2) is 19.9 Å². The van der Waals surface area contributed by atoms with Gasteiger partial charge in [0.25, 0.3) is 0 Å². The summed E-state index contributed by atoms with van der Waals surface area (Å²) in [5.41, 5.74) is -0.166. The van der Waals surface area contributed by atoms with Crippen LogP contribution in [0.4, 0.5) is 0 Å². The quantitative estimate of drug-likeness (QED) is 0.215. The molecule has 0 saturated heterocycles. The van der Waals surface area contributed by atoms with E-state index in [1.54, 1.807) is 0 Å². The van der Waals surface area contributed by atoms with Crippen LogP contribution < -0.4 is 0 Å². The maximum Gasteiger partial charge on any atom is 0.339 e. The fourth-order valence-electron chi connectivity index (χ4n) is 4.30. The predicted octanol–water partition coefficient (Wildman–Crippen LogP) is 6.83. The van der Waals surface area contributed by atoms with Crippen molar-refractivity contribution in [1.29, 1.82) is 0 Å². The Bertz CT molecular complexity index is 1250. The molecule has 2 nitrogen and oxygen atoms in total. The highest BCUT2D eigenvalue weighted by atomic mass is 32.2. The molecular weight excluding hydrogens is 376 g/mol. The molecule has 1 atom stereocenters. The number of carbonyl (C=O) groups excluding carboxylic acids is 1. The summed E-state index contributed by atoms with van der Waals surface area (Å²) in [4.78, 5) is 14.2. The molecule has 1 saturated carbocycles. The lowest BCUT2D eigenvalue weighted by atomic mass is 10.0. The van der Waals surface area contributed by atoms with Gasteiger partial charge in [-0.1, -0.05) is 36.3 Å². The van der Waals surface area contributed by atoms with E-state index in [1.165, 1.54) is 19.7 Å². The van der Waals surface area contributed by atoms with Gasteiger partial charge in [-0.3, -0.25) is 0 Å². The molecule has 5 rings (SSSR count). The summed E-state index contributed by atoms with van der Waals surface area (Å²) in [6.45, 7) is 0. The molecule has 1 aliphatic carbocycles. The van der Waals surface area contributed by atoms with Crippen LogP contribution in [0.3, 0.4) is 0 Å². The van der Waals surface area contributed by atoms with E-state index in [9.17, 15) is 4.79 Å². The summed E-state index contributed by atoms with van der Waals surface area (Å²) < 4.78 is 8.37. The third-order valence-corrected chi connectivity index (χ3v) is 8.11. The molecule has 0 aliphatic heterocycles. The highest BCUT2D eigenvalue weighted by Crippen LogP contribution is 2.48. The van der Waals surface area contributed by atoms with Gasteiger partial charge in [0.05, 0.1) is 5.56 Å². The van der Waals surface area contributed by atoms with Gasteiger partial charge in [-0.15, -0.1) is 6.42 Å². The van der Waals surface area contributed by atoms with Gasteiger partial charge >= 0.3 is 5.97 Å². The van der Waals surface area contributed by atoms with E-state index in [0.717, 1.165) is 31.1 Å². The topological polar surface area (TPSA) is 26.3 Å². The minimum Gasteiger partial charge on any atom is -0.442 e. The highest BCUT2D eigenvalue weighted by molar-refractivity contribution is 7.50. The predicted molar refractivity (Wildman–Crippen MR) is 121 cm³/mol. The van der Waals surface area contributed by atoms with Crippen LogP contribution in [-0.4, -0.2) is 11.6 Å². The van der Waals surface area contributed by atoms with E-state index < -0.39 is 5.60 Å². The fraction of sp³-hybridized carbons (Fsp3) is 0.192. The van der Waals surface area contributed by atoms with Gasteiger partial charge in [0.2, 0.25) is 0 Å². The van der Waals surface area contributed by atoms with Crippen molar-refractivity contribution in [1.82, 2.24) is 0 Å². The number of rotatable bonds is 3. The summed E-state index contributed by atoms with van der Waals surface area (Å²) in [6.07, 6.45) is 9.22. The number of terminal acetylenes is 1. The average molecular weight is 398 g/mol. The molecule has 3 heteroatoms. The smallest absolute Gasteiger partial charge is 0.339 e. The first-order valence-corrected chi connectivity index (χ1v) is 11.2. The van der Waals surface area contributed by atoms with E-state index in [4.69, 9.17) is 11.2 Å². The van der Waals surface area contributed by atoms with Crippen LogP contribution in [-0.2, 0) is 4.74 Å². The van der Waals surface area contributed by atoms with Gasteiger partial charge in [-0.05, 0) is 68.1 Å². The summed E-state index contributed by atoms with van der Waals surface area (Å²) in [5, 5.41) is 2.31. The number of fused-ring (bicyclic) bond motifs is 3. The average Bonchev–Trinajstić information content (AvgIpc) is 3.37. The fourth-order valence-corrected chi connectivity index (χ4v) is 6.68. The van der Waals surface area contributed by atoms with Crippen LogP contribution in [0.5, 0.6) is 0 Å². The van der Waals surface area contributed by atoms with Crippen molar-refractivity contribution in [3.8, 4) is 17.2 Å². The van der Waals surface area contributed by atoms with Crippen molar-refractivity contribution in [2.24, 2.45) is 0 Å². The van der Waals surface area contributed by atoms with Crippen molar-refractivity contribution in [2.45, 2.75) is 31.3 Å². The van der Waals surface area contributed by atoms with Crippen LogP contribution in [0.15, 0.2) is 72.8 Å². The number of benzene rings is 3. The Labute approximate surface area is 173 Å². The van der Waals surface area contributed by atoms with Gasteiger partial charge in [0, 0.05) is 21.2 Å². The lowest BCUT2D eigenvalue weighted by molar-refractivity contribution is 0.0104. The Kier molecular flexibility index (Phi) is 4.38. The summed E-state index contributed by atoms with van der Waals surface area (Å²) in [6, 6.07) is 25.0. The Balaban J connectivity index is 1.64. The van der Waals surface area contributed by atoms with Crippen molar-refractivity contribution >= 4 is 36.6 Å². The van der Waals surface area contributed by atoms with Crippen LogP contribution in [0, 0.1) is 12.3 Å². The molecule has 0 N–H and O–H groups in total. The number of esters is 1. The van der Waals surface area contributed by atoms with E-state index in [2.05, 4.69) is 60.5 Å². The summed E-state index contributed by atoms with van der Waals surface area (Å²) in [7, 11) is -0.160. The van der Waals surface area contributed by atoms with Crippen LogP contribution >= 0.6 is 10.5 Å². The molecule has 142 valence electrons. The normalized spacial score (nSPS) is 16.0. The lowest BCUT2D eigenvalue weighted by Gasteiger charge is -2.22. The molecule has 1 fully saturated rings. The SMILES string of the molecule is C#CC1(OC(=O)c2ccc3c(c2)c2ccccc2[s+]3-c2ccccc2)CCCC1. The van der Waals surface area contributed by atoms with Crippen LogP contribution in [0.1, 0.15) is 36.0 Å². The van der Waals surface area contributed by atoms with Crippen LogP contribution in [0.25, 0.3) is 25.1 Å². The van der Waals surface area contributed by atoms with Gasteiger partial charge < -0.3 is 4.74 Å². The zero-order valence-electron chi connectivity index (χ0n) is 16.1. The number of thiophene rings is 1. The minimum atomic E-state index is -0.734. The molecule has 1 aromatic heterocycles. The summed E-state index contributed by atoms with van der Waals surface area (Å²) in [5.74, 6) is 2.41. The Morgan fingerprint density at radius 2 is 1.59 bits per heavy atom. The third kappa shape index (κ3) is 3.01. The Morgan fingerprint density at radius 3 is 2.34 bits per heavy atom. The van der Waals surface area contributed by atoms with Gasteiger partial charge in [0.1, 0.15) is 0 Å². The molecule has 0 bridgehead atoms. The first-order valence-electron chi connectivity index (χ1n) is 9.95. The van der Waals surface area contributed by atoms with Gasteiger partial charge in [-0.2, -0.15) is 0 Å². The molecule has 29 heavy (non-hydrogen) atoms. The molecule has 1 unspecified atom stereocenters. The van der Waals surface area contributed by atoms with Gasteiger partial charge in [-0.25, -0.2) is 4.79 Å². The summed E-state index contributed by atoms with van der Waals surface area (Å²) >= 11 is 0. The zero-order chi connectivity index (χ0) is 19.8. The number of carbonyl (C=O) groups is 1. The highest BCUT2D eigenvalue weighted by Gasteiger charge is 2.36. The minimum absolute atomic E-state index is 0.160. The molecule has 0 amide bonds. The first-order chi connectivity index (χ1) is 14.2. The number of ether oxygens (including phenoxy) is 1. The second-order valence-electron chi connectivity index (χ2n) is 7.56. The standard InChI is InChI=1S/C26H21O2S/c1-2-26(16-8-9-17-26)28-25(27)19-14-15-24-22(18-19)21-12-6-7-13-23(21)29(24)20-10-4-3-5-11-20/h1,3-7,10-15,18H,8-9,16-17H2/q+1. The number of hydrogen-bond donors (Lipinski definition) is 0. The second-order valence-corrected chi connectivity index (χ2v) is 9.53. The van der Waals surface area contributed by atoms with E-state index in [0.29, 0.717) is 5.56 Å². The van der Waals surface area contributed by atoms with Crippen molar-refractivity contribution < 1.29 is 9.53 Å². The van der Waals surface area contributed by atoms with Crippen molar-refractivity contribution in [2.75, 3.05) is 0 Å². The second kappa shape index (κ2) is 7.06. The third-order valence-electron chi connectivity index (χ3n) is 5.77. The molecule has 1 heterocycles. The Morgan fingerprint density at radius 1 is 0.897 bits per heavy atom. The molecule has 4 aromatic rings. The maximum absolute atomic E-state index is 12.9. The lowest BCUT2D eigenvalue weighted by Crippen LogP contribution is -2.30. The molecule has 3 aromatic carbocycles. The molecular formula is C26H21O2S+. The first kappa shape index (κ1) is 18.0. The maximum atomic E-state index is 12.9. The van der Waals surface area contributed by atoms with Crippen LogP contribution in [0.2, 0.25) is 0 Å². The van der Waals surface area contributed by atoms with E-state index in [1.807, 2.05) is 18.2 Å². The largest absolute Gasteiger partial charge is 0.442 e. The van der Waals surface area contributed by atoms with Crippen molar-refractivity contribution in [3.63, 3.8) is 0 Å². The number of hydrogen-bond acceptors (Lipinski definition) is 2. The zero-order valence-corrected chi connectivity index (χ0v) is 16.9. The molecule has 1 aliphatic rings.